The lowest BCUT2D eigenvalue weighted by molar-refractivity contribution is -0.138. The molecular formula is C25H26N2O5S. The second-order valence-electron chi connectivity index (χ2n) is 8.77. The highest BCUT2D eigenvalue weighted by Gasteiger charge is 2.41. The molecule has 0 spiro atoms. The van der Waals surface area contributed by atoms with Crippen molar-refractivity contribution in [1.82, 2.24) is 10.2 Å². The van der Waals surface area contributed by atoms with E-state index >= 15 is 0 Å². The van der Waals surface area contributed by atoms with Crippen LogP contribution < -0.4 is 5.32 Å². The van der Waals surface area contributed by atoms with E-state index in [-0.39, 0.29) is 30.9 Å². The second-order valence-corrected chi connectivity index (χ2v) is 10.1. The smallest absolute Gasteiger partial charge is 0.407 e. The van der Waals surface area contributed by atoms with Gasteiger partial charge in [0.05, 0.1) is 0 Å². The third-order valence-corrected chi connectivity index (χ3v) is 7.80. The van der Waals surface area contributed by atoms with Crippen LogP contribution in [0.2, 0.25) is 0 Å². The van der Waals surface area contributed by atoms with Crippen molar-refractivity contribution in [3.8, 4) is 11.1 Å². The molecule has 2 aliphatic carbocycles. The third kappa shape index (κ3) is 4.44. The zero-order valence-corrected chi connectivity index (χ0v) is 18.9. The fourth-order valence-electron chi connectivity index (χ4n) is 4.77. The number of benzene rings is 2. The normalized spacial score (nSPS) is 20.5. The average Bonchev–Trinajstić information content (AvgIpc) is 3.63. The highest BCUT2D eigenvalue weighted by molar-refractivity contribution is 8.00. The molecule has 2 atom stereocenters. The molecule has 1 saturated heterocycles. The summed E-state index contributed by atoms with van der Waals surface area (Å²) < 4.78 is 5.63. The number of rotatable bonds is 6. The van der Waals surface area contributed by atoms with Crippen LogP contribution in [0.25, 0.3) is 11.1 Å². The summed E-state index contributed by atoms with van der Waals surface area (Å²) in [4.78, 5) is 38.8. The summed E-state index contributed by atoms with van der Waals surface area (Å²) in [7, 11) is 0. The van der Waals surface area contributed by atoms with Crippen LogP contribution in [0.15, 0.2) is 48.5 Å². The number of alkyl carbamates (subject to hydrolysis) is 1. The quantitative estimate of drug-likeness (QED) is 0.678. The predicted molar refractivity (Wildman–Crippen MR) is 125 cm³/mol. The van der Waals surface area contributed by atoms with Crippen LogP contribution in [0.1, 0.15) is 29.9 Å². The number of carbonyl (C=O) groups is 3. The standard InChI is InChI=1S/C25H26N2O5S/c28-23(27-11-12-33-21(13-27)24(29)30)22(15-9-10-15)26-25(31)32-14-20-18-7-3-1-5-16(18)17-6-2-4-8-19(17)20/h1-8,15,20-22H,9-14H2,(H,26,31)(H,29,30). The van der Waals surface area contributed by atoms with Gasteiger partial charge in [0.25, 0.3) is 0 Å². The van der Waals surface area contributed by atoms with Crippen molar-refractivity contribution in [3.63, 3.8) is 0 Å². The first-order chi connectivity index (χ1) is 16.0. The van der Waals surface area contributed by atoms with Gasteiger partial charge >= 0.3 is 12.1 Å². The molecular weight excluding hydrogens is 440 g/mol. The van der Waals surface area contributed by atoms with Crippen molar-refractivity contribution in [1.29, 1.82) is 0 Å². The topological polar surface area (TPSA) is 95.9 Å². The molecule has 1 heterocycles. The van der Waals surface area contributed by atoms with Gasteiger partial charge in [-0.05, 0) is 41.0 Å². The maximum atomic E-state index is 13.1. The molecule has 0 radical (unpaired) electrons. The SMILES string of the molecule is O=C(NC(C(=O)N1CCSC(C(=O)O)C1)C1CC1)OCC1c2ccccc2-c2ccccc21. The number of carbonyl (C=O) groups excluding carboxylic acids is 2. The molecule has 2 fully saturated rings. The Kier molecular flexibility index (Phi) is 6.01. The Balaban J connectivity index is 1.24. The van der Waals surface area contributed by atoms with Crippen LogP contribution >= 0.6 is 11.8 Å². The van der Waals surface area contributed by atoms with Gasteiger partial charge in [0.15, 0.2) is 0 Å². The Hall–Kier alpha value is -3.00. The van der Waals surface area contributed by atoms with Crippen LogP contribution in [-0.2, 0) is 14.3 Å². The molecule has 33 heavy (non-hydrogen) atoms. The van der Waals surface area contributed by atoms with E-state index in [1.807, 2.05) is 24.3 Å². The summed E-state index contributed by atoms with van der Waals surface area (Å²) in [6, 6.07) is 15.6. The van der Waals surface area contributed by atoms with Crippen molar-refractivity contribution in [2.45, 2.75) is 30.1 Å². The van der Waals surface area contributed by atoms with E-state index in [1.165, 1.54) is 11.8 Å². The zero-order chi connectivity index (χ0) is 22.9. The number of nitrogens with zero attached hydrogens (tertiary/aromatic N) is 1. The molecule has 2 aromatic rings. The number of amides is 2. The van der Waals surface area contributed by atoms with E-state index in [4.69, 9.17) is 4.74 Å². The summed E-state index contributed by atoms with van der Waals surface area (Å²) in [6.07, 6.45) is 1.12. The lowest BCUT2D eigenvalue weighted by atomic mass is 9.98. The number of carboxylic acids is 1. The molecule has 1 saturated carbocycles. The molecule has 2 aromatic carbocycles. The second kappa shape index (κ2) is 9.09. The van der Waals surface area contributed by atoms with Gasteiger partial charge in [0.1, 0.15) is 17.9 Å². The van der Waals surface area contributed by atoms with Gasteiger partial charge < -0.3 is 20.1 Å². The molecule has 172 valence electrons. The Morgan fingerprint density at radius 1 is 1.06 bits per heavy atom. The summed E-state index contributed by atoms with van der Waals surface area (Å²) in [5.74, 6) is -0.516. The molecule has 2 N–H and O–H groups in total. The maximum Gasteiger partial charge on any atom is 0.407 e. The monoisotopic (exact) mass is 466 g/mol. The number of carboxylic acid groups (broad SMARTS) is 1. The number of fused-ring (bicyclic) bond motifs is 3. The highest BCUT2D eigenvalue weighted by atomic mass is 32.2. The van der Waals surface area contributed by atoms with Crippen LogP contribution in [0.5, 0.6) is 0 Å². The fraction of sp³-hybridized carbons (Fsp3) is 0.400. The van der Waals surface area contributed by atoms with Crippen LogP contribution in [0.3, 0.4) is 0 Å². The number of ether oxygens (including phenoxy) is 1. The first kappa shape index (κ1) is 21.8. The molecule has 8 heteroatoms. The van der Waals surface area contributed by atoms with E-state index in [1.54, 1.807) is 4.90 Å². The number of aliphatic carboxylic acids is 1. The first-order valence-electron chi connectivity index (χ1n) is 11.3. The minimum atomic E-state index is -0.912. The van der Waals surface area contributed by atoms with Gasteiger partial charge in [0.2, 0.25) is 5.91 Å². The minimum absolute atomic E-state index is 0.0475. The molecule has 5 rings (SSSR count). The van der Waals surface area contributed by atoms with Gasteiger partial charge in [-0.25, -0.2) is 4.79 Å². The van der Waals surface area contributed by atoms with E-state index < -0.39 is 23.4 Å². The van der Waals surface area contributed by atoms with E-state index in [0.717, 1.165) is 35.1 Å². The summed E-state index contributed by atoms with van der Waals surface area (Å²) >= 11 is 1.35. The van der Waals surface area contributed by atoms with Crippen molar-refractivity contribution in [3.05, 3.63) is 59.7 Å². The van der Waals surface area contributed by atoms with E-state index in [2.05, 4.69) is 29.6 Å². The van der Waals surface area contributed by atoms with Crippen molar-refractivity contribution in [2.75, 3.05) is 25.4 Å². The zero-order valence-electron chi connectivity index (χ0n) is 18.1. The maximum absolute atomic E-state index is 13.1. The van der Waals surface area contributed by atoms with Crippen molar-refractivity contribution < 1.29 is 24.2 Å². The predicted octanol–water partition coefficient (Wildman–Crippen LogP) is 3.33. The molecule has 3 aliphatic rings. The van der Waals surface area contributed by atoms with Gasteiger partial charge in [-0.1, -0.05) is 48.5 Å². The van der Waals surface area contributed by atoms with Gasteiger partial charge in [-0.15, -0.1) is 11.8 Å². The van der Waals surface area contributed by atoms with E-state index in [9.17, 15) is 19.5 Å². The van der Waals surface area contributed by atoms with Crippen molar-refractivity contribution in [2.24, 2.45) is 5.92 Å². The molecule has 7 nitrogen and oxygen atoms in total. The third-order valence-electron chi connectivity index (χ3n) is 6.63. The minimum Gasteiger partial charge on any atom is -0.480 e. The molecule has 2 amide bonds. The Morgan fingerprint density at radius 3 is 2.30 bits per heavy atom. The Labute approximate surface area is 196 Å². The molecule has 1 aliphatic heterocycles. The lowest BCUT2D eigenvalue weighted by Crippen LogP contribution is -2.54. The largest absolute Gasteiger partial charge is 0.480 e. The summed E-state index contributed by atoms with van der Waals surface area (Å²) in [5, 5.41) is 11.5. The molecule has 0 aromatic heterocycles. The van der Waals surface area contributed by atoms with Gasteiger partial charge in [-0.3, -0.25) is 9.59 Å². The number of hydrogen-bond acceptors (Lipinski definition) is 5. The Morgan fingerprint density at radius 2 is 1.70 bits per heavy atom. The highest BCUT2D eigenvalue weighted by Crippen LogP contribution is 2.44. The van der Waals surface area contributed by atoms with Crippen molar-refractivity contribution >= 4 is 29.7 Å². The molecule has 0 bridgehead atoms. The lowest BCUT2D eigenvalue weighted by Gasteiger charge is -2.33. The van der Waals surface area contributed by atoms with Gasteiger partial charge in [0, 0.05) is 24.8 Å². The number of hydrogen-bond donors (Lipinski definition) is 2. The van der Waals surface area contributed by atoms with Crippen LogP contribution in [0, 0.1) is 5.92 Å². The number of nitrogens with one attached hydrogen (secondary N) is 1. The molecule has 2 unspecified atom stereocenters. The average molecular weight is 467 g/mol. The first-order valence-corrected chi connectivity index (χ1v) is 12.3. The van der Waals surface area contributed by atoms with Gasteiger partial charge in [-0.2, -0.15) is 0 Å². The summed E-state index contributed by atoms with van der Waals surface area (Å²) in [6.45, 7) is 0.837. The summed E-state index contributed by atoms with van der Waals surface area (Å²) in [5.41, 5.74) is 4.58. The number of thioether (sulfide) groups is 1. The Bertz CT molecular complexity index is 1040. The van der Waals surface area contributed by atoms with E-state index in [0.29, 0.717) is 12.3 Å². The fourth-order valence-corrected chi connectivity index (χ4v) is 5.81. The van der Waals surface area contributed by atoms with Crippen LogP contribution in [-0.4, -0.2) is 64.7 Å². The van der Waals surface area contributed by atoms with Crippen LogP contribution in [0.4, 0.5) is 4.79 Å².